The molecule has 0 radical (unpaired) electrons. The van der Waals surface area contributed by atoms with Crippen molar-refractivity contribution in [3.8, 4) is 0 Å². The molecule has 2 nitrogen and oxygen atoms in total. The van der Waals surface area contributed by atoms with Crippen molar-refractivity contribution in [2.45, 2.75) is 26.1 Å². The van der Waals surface area contributed by atoms with E-state index in [9.17, 15) is 13.2 Å². The number of nitrogens with one attached hydrogen (secondary N) is 1. The molecule has 0 aliphatic heterocycles. The van der Waals surface area contributed by atoms with Crippen LogP contribution in [0, 0.1) is 6.92 Å². The van der Waals surface area contributed by atoms with Crippen molar-refractivity contribution >= 4 is 6.08 Å². The Morgan fingerprint density at radius 3 is 2.45 bits per heavy atom. The summed E-state index contributed by atoms with van der Waals surface area (Å²) in [6, 6.07) is 7.94. The third-order valence-electron chi connectivity index (χ3n) is 3.93. The molecule has 0 aromatic heterocycles. The number of hydrogen-bond donors (Lipinski definition) is 1. The first-order chi connectivity index (χ1) is 13.6. The van der Waals surface area contributed by atoms with Gasteiger partial charge in [0.1, 0.15) is 6.61 Å². The van der Waals surface area contributed by atoms with Crippen LogP contribution in [0.2, 0.25) is 0 Å². The molecule has 0 amide bonds. The van der Waals surface area contributed by atoms with Crippen molar-refractivity contribution in [1.82, 2.24) is 5.32 Å². The van der Waals surface area contributed by atoms with Crippen LogP contribution < -0.4 is 5.32 Å². The fourth-order valence-corrected chi connectivity index (χ4v) is 2.24. The van der Waals surface area contributed by atoms with E-state index in [1.807, 2.05) is 49.4 Å². The summed E-state index contributed by atoms with van der Waals surface area (Å²) in [5, 5.41) is 3.16. The van der Waals surface area contributed by atoms with Crippen LogP contribution in [0.25, 0.3) is 6.08 Å². The molecular formula is C24H28F3NO. The zero-order valence-corrected chi connectivity index (χ0v) is 16.9. The van der Waals surface area contributed by atoms with Gasteiger partial charge in [-0.25, -0.2) is 0 Å². The highest BCUT2D eigenvalue weighted by Gasteiger charge is 2.26. The van der Waals surface area contributed by atoms with Crippen molar-refractivity contribution < 1.29 is 17.9 Å². The third-order valence-corrected chi connectivity index (χ3v) is 3.93. The molecule has 1 N–H and O–H groups in total. The van der Waals surface area contributed by atoms with Crippen LogP contribution in [0.5, 0.6) is 0 Å². The number of benzene rings is 1. The first-order valence-corrected chi connectivity index (χ1v) is 9.14. The van der Waals surface area contributed by atoms with Crippen molar-refractivity contribution in [3.63, 3.8) is 0 Å². The highest BCUT2D eigenvalue weighted by atomic mass is 19.4. The number of alkyl halides is 3. The third kappa shape index (κ3) is 11.0. The van der Waals surface area contributed by atoms with Crippen LogP contribution >= 0.6 is 0 Å². The quantitative estimate of drug-likeness (QED) is 0.346. The van der Waals surface area contributed by atoms with Crippen LogP contribution in [0.4, 0.5) is 13.2 Å². The molecule has 156 valence electrons. The van der Waals surface area contributed by atoms with Gasteiger partial charge in [-0.2, -0.15) is 13.2 Å². The molecule has 0 heterocycles. The van der Waals surface area contributed by atoms with Crippen LogP contribution in [-0.4, -0.2) is 25.4 Å². The first kappa shape index (κ1) is 24.2. The lowest BCUT2D eigenvalue weighted by molar-refractivity contribution is -0.171. The smallest absolute Gasteiger partial charge is 0.379 e. The monoisotopic (exact) mass is 403 g/mol. The van der Waals surface area contributed by atoms with E-state index < -0.39 is 12.8 Å². The second kappa shape index (κ2) is 11.9. The molecular weight excluding hydrogens is 375 g/mol. The van der Waals surface area contributed by atoms with Crippen LogP contribution in [0.3, 0.4) is 0 Å². The number of hydrogen-bond acceptors (Lipinski definition) is 2. The molecule has 1 unspecified atom stereocenters. The van der Waals surface area contributed by atoms with E-state index in [1.165, 1.54) is 11.6 Å². The van der Waals surface area contributed by atoms with Gasteiger partial charge in [-0.1, -0.05) is 74.4 Å². The van der Waals surface area contributed by atoms with Gasteiger partial charge in [0.05, 0.1) is 6.61 Å². The Kier molecular flexibility index (Phi) is 9.97. The molecule has 1 atom stereocenters. The predicted molar refractivity (Wildman–Crippen MR) is 115 cm³/mol. The average Bonchev–Trinajstić information content (AvgIpc) is 2.64. The summed E-state index contributed by atoms with van der Waals surface area (Å²) in [5.74, 6) is 0. The number of ether oxygens (including phenoxy) is 1. The Hall–Kier alpha value is -2.79. The fourth-order valence-electron chi connectivity index (χ4n) is 2.24. The lowest BCUT2D eigenvalue weighted by atomic mass is 10.1. The Bertz CT molecular complexity index is 801. The summed E-state index contributed by atoms with van der Waals surface area (Å²) >= 11 is 0. The summed E-state index contributed by atoms with van der Waals surface area (Å²) in [6.45, 7) is 14.4. The SMILES string of the molecule is C=C(/C=C\c1ccccc1C)/C=C/C(=C)NC(C)C(=C)/C=C\COCC(F)(F)F. The standard InChI is InChI=1S/C24H28F3NO/c1-18(13-15-23-11-7-6-9-20(23)3)12-14-21(4)28-22(5)19(2)10-8-16-29-17-24(25,26)27/h6-15,22,28H,1-2,4,16-17H2,3,5H3/b10-8-,14-12+,15-13-. The molecule has 1 aromatic rings. The van der Waals surface area contributed by atoms with Gasteiger partial charge in [-0.3, -0.25) is 0 Å². The Balaban J connectivity index is 2.42. The molecule has 0 spiro atoms. The summed E-state index contributed by atoms with van der Waals surface area (Å²) in [5.41, 5.74) is 4.52. The number of allylic oxidation sites excluding steroid dienone is 4. The van der Waals surface area contributed by atoms with Gasteiger partial charge >= 0.3 is 6.18 Å². The van der Waals surface area contributed by atoms with E-state index in [0.717, 1.165) is 11.1 Å². The molecule has 0 aliphatic rings. The van der Waals surface area contributed by atoms with Gasteiger partial charge in [-0.05, 0) is 42.2 Å². The maximum absolute atomic E-state index is 12.0. The van der Waals surface area contributed by atoms with Gasteiger partial charge in [0, 0.05) is 11.7 Å². The molecule has 0 bridgehead atoms. The molecule has 0 saturated heterocycles. The minimum Gasteiger partial charge on any atom is -0.379 e. The molecule has 0 aliphatic carbocycles. The topological polar surface area (TPSA) is 21.3 Å². The molecule has 0 saturated carbocycles. The van der Waals surface area contributed by atoms with Crippen molar-refractivity contribution in [2.75, 3.05) is 13.2 Å². The normalized spacial score (nSPS) is 13.3. The maximum atomic E-state index is 12.0. The number of aryl methyl sites for hydroxylation is 1. The number of halogens is 3. The van der Waals surface area contributed by atoms with E-state index in [2.05, 4.69) is 42.8 Å². The summed E-state index contributed by atoms with van der Waals surface area (Å²) in [6.07, 6.45) is 6.41. The van der Waals surface area contributed by atoms with E-state index >= 15 is 0 Å². The molecule has 1 aromatic carbocycles. The summed E-state index contributed by atoms with van der Waals surface area (Å²) < 4.78 is 40.5. The lowest BCUT2D eigenvalue weighted by Crippen LogP contribution is -2.25. The highest BCUT2D eigenvalue weighted by molar-refractivity contribution is 5.57. The van der Waals surface area contributed by atoms with Crippen LogP contribution in [0.15, 0.2) is 91.2 Å². The van der Waals surface area contributed by atoms with Crippen molar-refractivity contribution in [1.29, 1.82) is 0 Å². The van der Waals surface area contributed by atoms with Gasteiger partial charge < -0.3 is 10.1 Å². The minimum absolute atomic E-state index is 0.126. The highest BCUT2D eigenvalue weighted by Crippen LogP contribution is 2.14. The van der Waals surface area contributed by atoms with Crippen molar-refractivity contribution in [2.24, 2.45) is 0 Å². The van der Waals surface area contributed by atoms with Crippen LogP contribution in [0.1, 0.15) is 18.1 Å². The molecule has 5 heteroatoms. The Labute approximate surface area is 171 Å². The van der Waals surface area contributed by atoms with E-state index in [0.29, 0.717) is 11.3 Å². The van der Waals surface area contributed by atoms with Crippen molar-refractivity contribution in [3.05, 3.63) is 102 Å². The van der Waals surface area contributed by atoms with Gasteiger partial charge in [0.2, 0.25) is 0 Å². The summed E-state index contributed by atoms with van der Waals surface area (Å²) in [7, 11) is 0. The van der Waals surface area contributed by atoms with Gasteiger partial charge in [0.25, 0.3) is 0 Å². The maximum Gasteiger partial charge on any atom is 0.411 e. The average molecular weight is 403 g/mol. The fraction of sp³-hybridized carbons (Fsp3) is 0.250. The second-order valence-electron chi connectivity index (χ2n) is 6.60. The first-order valence-electron chi connectivity index (χ1n) is 9.14. The number of rotatable bonds is 11. The zero-order valence-electron chi connectivity index (χ0n) is 16.9. The Morgan fingerprint density at radius 2 is 1.79 bits per heavy atom. The predicted octanol–water partition coefficient (Wildman–Crippen LogP) is 6.30. The van der Waals surface area contributed by atoms with E-state index in [-0.39, 0.29) is 12.6 Å². The van der Waals surface area contributed by atoms with Crippen LogP contribution in [-0.2, 0) is 4.74 Å². The molecule has 0 fully saturated rings. The van der Waals surface area contributed by atoms with Gasteiger partial charge in [0.15, 0.2) is 0 Å². The largest absolute Gasteiger partial charge is 0.411 e. The lowest BCUT2D eigenvalue weighted by Gasteiger charge is -2.15. The molecule has 1 rings (SSSR count). The van der Waals surface area contributed by atoms with E-state index in [4.69, 9.17) is 0 Å². The zero-order chi connectivity index (χ0) is 21.9. The minimum atomic E-state index is -4.32. The second-order valence-corrected chi connectivity index (χ2v) is 6.60. The Morgan fingerprint density at radius 1 is 1.10 bits per heavy atom. The molecule has 29 heavy (non-hydrogen) atoms. The van der Waals surface area contributed by atoms with Gasteiger partial charge in [-0.15, -0.1) is 0 Å². The van der Waals surface area contributed by atoms with E-state index in [1.54, 1.807) is 6.08 Å². The summed E-state index contributed by atoms with van der Waals surface area (Å²) in [4.78, 5) is 0.